The molecule has 6 heteroatoms. The topological polar surface area (TPSA) is 79.5 Å². The molecule has 1 unspecified atom stereocenters. The Hall–Kier alpha value is -1.85. The highest BCUT2D eigenvalue weighted by Crippen LogP contribution is 2.11. The first-order valence-electron chi connectivity index (χ1n) is 4.76. The highest BCUT2D eigenvalue weighted by atomic mass is 19.1. The van der Waals surface area contributed by atoms with Gasteiger partial charge < -0.3 is 14.8 Å². The highest BCUT2D eigenvalue weighted by Gasteiger charge is 2.22. The number of aliphatic carboxylic acids is 1. The summed E-state index contributed by atoms with van der Waals surface area (Å²) in [6.07, 6.45) is 1.84. The molecule has 0 radical (unpaired) electrons. The van der Waals surface area contributed by atoms with E-state index in [1.165, 1.54) is 12.3 Å². The summed E-state index contributed by atoms with van der Waals surface area (Å²) in [7, 11) is 0. The quantitative estimate of drug-likeness (QED) is 0.789. The number of nitrogens with one attached hydrogen (secondary N) is 1. The van der Waals surface area contributed by atoms with Crippen LogP contribution in [0.5, 0.6) is 0 Å². The Labute approximate surface area is 91.2 Å². The van der Waals surface area contributed by atoms with E-state index in [-0.39, 0.29) is 5.56 Å². The average molecular weight is 229 g/mol. The van der Waals surface area contributed by atoms with Gasteiger partial charge in [0.15, 0.2) is 6.04 Å². The molecule has 5 nitrogen and oxygen atoms in total. The maximum atomic E-state index is 12.3. The zero-order valence-electron chi connectivity index (χ0n) is 8.70. The smallest absolute Gasteiger partial charge is 0.328 e. The summed E-state index contributed by atoms with van der Waals surface area (Å²) in [6.45, 7) is 0.639. The van der Waals surface area contributed by atoms with Crippen LogP contribution in [0.2, 0.25) is 0 Å². The summed E-state index contributed by atoms with van der Waals surface area (Å²) >= 11 is 0. The van der Waals surface area contributed by atoms with Crippen molar-refractivity contribution in [2.45, 2.75) is 19.4 Å². The van der Waals surface area contributed by atoms with E-state index < -0.39 is 24.6 Å². The lowest BCUT2D eigenvalue weighted by molar-refractivity contribution is -0.139. The fourth-order valence-corrected chi connectivity index (χ4v) is 1.22. The van der Waals surface area contributed by atoms with E-state index >= 15 is 0 Å². The number of hydrogen-bond donors (Lipinski definition) is 2. The van der Waals surface area contributed by atoms with Crippen molar-refractivity contribution in [2.24, 2.45) is 0 Å². The van der Waals surface area contributed by atoms with Crippen molar-refractivity contribution in [1.29, 1.82) is 0 Å². The van der Waals surface area contributed by atoms with Gasteiger partial charge >= 0.3 is 5.97 Å². The van der Waals surface area contributed by atoms with Gasteiger partial charge in [-0.25, -0.2) is 9.18 Å². The molecule has 0 aromatic carbocycles. The fourth-order valence-electron chi connectivity index (χ4n) is 1.22. The van der Waals surface area contributed by atoms with Crippen molar-refractivity contribution in [3.8, 4) is 0 Å². The third kappa shape index (κ3) is 2.59. The third-order valence-electron chi connectivity index (χ3n) is 2.07. The van der Waals surface area contributed by atoms with Crippen molar-refractivity contribution in [3.05, 3.63) is 23.7 Å². The molecule has 0 bridgehead atoms. The number of rotatable bonds is 5. The second-order valence-corrected chi connectivity index (χ2v) is 3.13. The van der Waals surface area contributed by atoms with Gasteiger partial charge in [0.1, 0.15) is 12.4 Å². The molecule has 1 rings (SSSR count). The summed E-state index contributed by atoms with van der Waals surface area (Å²) < 4.78 is 17.3. The van der Waals surface area contributed by atoms with Crippen LogP contribution in [-0.2, 0) is 11.2 Å². The summed E-state index contributed by atoms with van der Waals surface area (Å²) in [5.41, 5.74) is 0.238. The van der Waals surface area contributed by atoms with Crippen LogP contribution < -0.4 is 5.32 Å². The SMILES string of the molecule is CCc1occc1C(=O)NC(CF)C(=O)O. The number of alkyl halides is 1. The molecule has 0 aliphatic carbocycles. The van der Waals surface area contributed by atoms with Crippen LogP contribution in [0, 0.1) is 0 Å². The zero-order chi connectivity index (χ0) is 12.1. The second-order valence-electron chi connectivity index (χ2n) is 3.13. The van der Waals surface area contributed by atoms with E-state index in [0.29, 0.717) is 12.2 Å². The van der Waals surface area contributed by atoms with Gasteiger partial charge in [0.25, 0.3) is 5.91 Å². The molecule has 0 saturated carbocycles. The normalized spacial score (nSPS) is 12.1. The first-order chi connectivity index (χ1) is 7.60. The molecule has 0 fully saturated rings. The van der Waals surface area contributed by atoms with E-state index in [2.05, 4.69) is 5.32 Å². The molecule has 0 saturated heterocycles. The fraction of sp³-hybridized carbons (Fsp3) is 0.400. The lowest BCUT2D eigenvalue weighted by atomic mass is 10.2. The lowest BCUT2D eigenvalue weighted by Gasteiger charge is -2.10. The monoisotopic (exact) mass is 229 g/mol. The molecule has 2 N–H and O–H groups in total. The van der Waals surface area contributed by atoms with Gasteiger partial charge in [-0.15, -0.1) is 0 Å². The lowest BCUT2D eigenvalue weighted by Crippen LogP contribution is -2.42. The van der Waals surface area contributed by atoms with Gasteiger partial charge in [0.2, 0.25) is 0 Å². The highest BCUT2D eigenvalue weighted by molar-refractivity contribution is 5.97. The maximum absolute atomic E-state index is 12.3. The number of halogens is 1. The Morgan fingerprint density at radius 1 is 1.62 bits per heavy atom. The Bertz CT molecular complexity index is 388. The number of carboxylic acids is 1. The van der Waals surface area contributed by atoms with Crippen molar-refractivity contribution < 1.29 is 23.5 Å². The van der Waals surface area contributed by atoms with Crippen molar-refractivity contribution in [2.75, 3.05) is 6.67 Å². The van der Waals surface area contributed by atoms with Crippen LogP contribution >= 0.6 is 0 Å². The van der Waals surface area contributed by atoms with Crippen LogP contribution in [0.4, 0.5) is 4.39 Å². The third-order valence-corrected chi connectivity index (χ3v) is 2.07. The molecule has 16 heavy (non-hydrogen) atoms. The predicted octanol–water partition coefficient (Wildman–Crippen LogP) is 0.995. The van der Waals surface area contributed by atoms with Gasteiger partial charge in [-0.1, -0.05) is 6.92 Å². The van der Waals surface area contributed by atoms with Gasteiger partial charge in [0.05, 0.1) is 11.8 Å². The minimum Gasteiger partial charge on any atom is -0.480 e. The largest absolute Gasteiger partial charge is 0.480 e. The van der Waals surface area contributed by atoms with Gasteiger partial charge in [-0.2, -0.15) is 0 Å². The van der Waals surface area contributed by atoms with Gasteiger partial charge in [0, 0.05) is 6.42 Å². The minimum absolute atomic E-state index is 0.238. The maximum Gasteiger partial charge on any atom is 0.328 e. The molecular formula is C10H12FNO4. The molecule has 1 heterocycles. The Balaban J connectivity index is 2.75. The van der Waals surface area contributed by atoms with Gasteiger partial charge in [-0.05, 0) is 6.07 Å². The number of carboxylic acid groups (broad SMARTS) is 1. The Kier molecular flexibility index (Phi) is 4.04. The van der Waals surface area contributed by atoms with Crippen molar-refractivity contribution >= 4 is 11.9 Å². The Morgan fingerprint density at radius 3 is 2.81 bits per heavy atom. The molecular weight excluding hydrogens is 217 g/mol. The van der Waals surface area contributed by atoms with Crippen LogP contribution in [0.25, 0.3) is 0 Å². The first kappa shape index (κ1) is 12.2. The van der Waals surface area contributed by atoms with Crippen molar-refractivity contribution in [1.82, 2.24) is 5.32 Å². The van der Waals surface area contributed by atoms with Crippen LogP contribution in [-0.4, -0.2) is 29.7 Å². The summed E-state index contributed by atoms with van der Waals surface area (Å²) in [4.78, 5) is 22.1. The molecule has 1 aromatic rings. The molecule has 88 valence electrons. The average Bonchev–Trinajstić information content (AvgIpc) is 2.72. The summed E-state index contributed by atoms with van der Waals surface area (Å²) in [5.74, 6) is -1.60. The number of furan rings is 1. The summed E-state index contributed by atoms with van der Waals surface area (Å²) in [6, 6.07) is -0.0993. The van der Waals surface area contributed by atoms with E-state index in [1.807, 2.05) is 0 Å². The summed E-state index contributed by atoms with van der Waals surface area (Å²) in [5, 5.41) is 10.6. The number of aryl methyl sites for hydroxylation is 1. The number of hydrogen-bond acceptors (Lipinski definition) is 3. The Morgan fingerprint density at radius 2 is 2.31 bits per heavy atom. The standard InChI is InChI=1S/C10H12FNO4/c1-2-8-6(3-4-16-8)9(13)12-7(5-11)10(14)15/h3-4,7H,2,5H2,1H3,(H,12,13)(H,14,15). The molecule has 1 atom stereocenters. The van der Waals surface area contributed by atoms with Crippen molar-refractivity contribution in [3.63, 3.8) is 0 Å². The van der Waals surface area contributed by atoms with E-state index in [9.17, 15) is 14.0 Å². The minimum atomic E-state index is -1.52. The molecule has 0 aliphatic heterocycles. The zero-order valence-corrected chi connectivity index (χ0v) is 8.70. The second kappa shape index (κ2) is 5.29. The van der Waals surface area contributed by atoms with Crippen LogP contribution in [0.1, 0.15) is 23.0 Å². The molecule has 1 aromatic heterocycles. The molecule has 0 spiro atoms. The first-order valence-corrected chi connectivity index (χ1v) is 4.76. The van der Waals surface area contributed by atoms with E-state index in [1.54, 1.807) is 6.92 Å². The predicted molar refractivity (Wildman–Crippen MR) is 53.0 cm³/mol. The van der Waals surface area contributed by atoms with E-state index in [4.69, 9.17) is 9.52 Å². The van der Waals surface area contributed by atoms with Crippen LogP contribution in [0.3, 0.4) is 0 Å². The number of carbonyl (C=O) groups is 2. The molecule has 0 aliphatic rings. The van der Waals surface area contributed by atoms with Gasteiger partial charge in [-0.3, -0.25) is 4.79 Å². The number of amides is 1. The van der Waals surface area contributed by atoms with Crippen LogP contribution in [0.15, 0.2) is 16.7 Å². The van der Waals surface area contributed by atoms with E-state index in [0.717, 1.165) is 0 Å². The number of carbonyl (C=O) groups excluding carboxylic acids is 1. The molecule has 1 amide bonds.